The summed E-state index contributed by atoms with van der Waals surface area (Å²) in [5.41, 5.74) is 11.2. The highest BCUT2D eigenvalue weighted by Crippen LogP contribution is 2.45. The lowest BCUT2D eigenvalue weighted by Crippen LogP contribution is -2.38. The molecule has 0 saturated heterocycles. The number of hydrogen-bond donors (Lipinski definition) is 3. The molecule has 0 aliphatic heterocycles. The fourth-order valence-corrected chi connectivity index (χ4v) is 5.38. The third-order valence-electron chi connectivity index (χ3n) is 7.06. The van der Waals surface area contributed by atoms with Crippen LogP contribution >= 0.6 is 0 Å². The van der Waals surface area contributed by atoms with Crippen LogP contribution in [0.3, 0.4) is 0 Å². The molecule has 1 aromatic carbocycles. The number of rotatable bonds is 7. The Balaban J connectivity index is 1.42. The molecule has 31 heavy (non-hydrogen) atoms. The molecule has 6 heteroatoms. The molecular formula is C25H34N6. The lowest BCUT2D eigenvalue weighted by atomic mass is 9.64. The number of pyridine rings is 1. The largest absolute Gasteiger partial charge is 0.367 e. The SMILES string of the molecule is Cc1cc(C)cc(Nc2nc3ccc(NC4CCC5CCC5C4)nc3n2CCCN)c1. The van der Waals surface area contributed by atoms with Crippen LogP contribution in [0.4, 0.5) is 17.5 Å². The van der Waals surface area contributed by atoms with Gasteiger partial charge in [-0.1, -0.05) is 6.07 Å². The fourth-order valence-electron chi connectivity index (χ4n) is 5.38. The van der Waals surface area contributed by atoms with Gasteiger partial charge in [-0.05, 0) is 106 Å². The molecule has 0 amide bonds. The van der Waals surface area contributed by atoms with Gasteiger partial charge in [0.15, 0.2) is 5.65 Å². The summed E-state index contributed by atoms with van der Waals surface area (Å²) in [4.78, 5) is 9.85. The van der Waals surface area contributed by atoms with Crippen LogP contribution in [0.5, 0.6) is 0 Å². The molecule has 2 aliphatic rings. The van der Waals surface area contributed by atoms with E-state index in [9.17, 15) is 0 Å². The minimum absolute atomic E-state index is 0.541. The predicted molar refractivity (Wildman–Crippen MR) is 128 cm³/mol. The average molecular weight is 419 g/mol. The van der Waals surface area contributed by atoms with E-state index in [0.29, 0.717) is 12.6 Å². The van der Waals surface area contributed by atoms with Gasteiger partial charge in [0, 0.05) is 18.3 Å². The van der Waals surface area contributed by atoms with Crippen molar-refractivity contribution < 1.29 is 0 Å². The molecule has 6 nitrogen and oxygen atoms in total. The van der Waals surface area contributed by atoms with Gasteiger partial charge in [-0.3, -0.25) is 4.57 Å². The van der Waals surface area contributed by atoms with Crippen LogP contribution in [0, 0.1) is 25.7 Å². The van der Waals surface area contributed by atoms with Crippen molar-refractivity contribution in [3.63, 3.8) is 0 Å². The number of imidazole rings is 1. The highest BCUT2D eigenvalue weighted by atomic mass is 15.2. The van der Waals surface area contributed by atoms with Crippen molar-refractivity contribution in [2.24, 2.45) is 17.6 Å². The second kappa shape index (κ2) is 8.50. The van der Waals surface area contributed by atoms with Gasteiger partial charge < -0.3 is 16.4 Å². The number of anilines is 3. The van der Waals surface area contributed by atoms with Gasteiger partial charge in [0.25, 0.3) is 0 Å². The summed E-state index contributed by atoms with van der Waals surface area (Å²) in [5, 5.41) is 7.24. The van der Waals surface area contributed by atoms with Crippen molar-refractivity contribution in [1.82, 2.24) is 14.5 Å². The number of hydrogen-bond acceptors (Lipinski definition) is 5. The maximum atomic E-state index is 5.83. The topological polar surface area (TPSA) is 80.8 Å². The first-order valence-corrected chi connectivity index (χ1v) is 11.8. The van der Waals surface area contributed by atoms with E-state index in [2.05, 4.69) is 59.4 Å². The lowest BCUT2D eigenvalue weighted by Gasteiger charge is -2.44. The van der Waals surface area contributed by atoms with Gasteiger partial charge in [-0.2, -0.15) is 0 Å². The quantitative estimate of drug-likeness (QED) is 0.495. The minimum atomic E-state index is 0.541. The Bertz CT molecular complexity index is 1050. The fraction of sp³-hybridized carbons (Fsp3) is 0.520. The van der Waals surface area contributed by atoms with E-state index in [4.69, 9.17) is 15.7 Å². The number of aryl methyl sites for hydroxylation is 3. The molecule has 2 aromatic heterocycles. The molecule has 2 saturated carbocycles. The van der Waals surface area contributed by atoms with Crippen molar-refractivity contribution in [2.45, 2.75) is 65.0 Å². The number of fused-ring (bicyclic) bond motifs is 2. The Morgan fingerprint density at radius 2 is 1.77 bits per heavy atom. The minimum Gasteiger partial charge on any atom is -0.367 e. The third kappa shape index (κ3) is 4.26. The van der Waals surface area contributed by atoms with Crippen LogP contribution in [0.25, 0.3) is 11.2 Å². The van der Waals surface area contributed by atoms with Crippen molar-refractivity contribution in [3.05, 3.63) is 41.5 Å². The summed E-state index contributed by atoms with van der Waals surface area (Å²) in [6, 6.07) is 11.2. The number of aromatic nitrogens is 3. The molecule has 0 spiro atoms. The van der Waals surface area contributed by atoms with Crippen molar-refractivity contribution in [1.29, 1.82) is 0 Å². The molecular weight excluding hydrogens is 384 g/mol. The average Bonchev–Trinajstić information content (AvgIpc) is 3.04. The van der Waals surface area contributed by atoms with Crippen LogP contribution in [0.1, 0.15) is 49.7 Å². The number of nitrogens with two attached hydrogens (primary N) is 1. The van der Waals surface area contributed by atoms with Gasteiger partial charge >= 0.3 is 0 Å². The molecule has 3 unspecified atom stereocenters. The number of nitrogens with one attached hydrogen (secondary N) is 2. The third-order valence-corrected chi connectivity index (χ3v) is 7.06. The van der Waals surface area contributed by atoms with Gasteiger partial charge in [0.05, 0.1) is 0 Å². The summed E-state index contributed by atoms with van der Waals surface area (Å²) in [6.07, 6.45) is 7.65. The Morgan fingerprint density at radius 1 is 1.00 bits per heavy atom. The molecule has 3 atom stereocenters. The molecule has 2 aliphatic carbocycles. The predicted octanol–water partition coefficient (Wildman–Crippen LogP) is 5.13. The molecule has 4 N–H and O–H groups in total. The van der Waals surface area contributed by atoms with E-state index < -0.39 is 0 Å². The highest BCUT2D eigenvalue weighted by molar-refractivity contribution is 5.78. The van der Waals surface area contributed by atoms with Crippen LogP contribution in [-0.4, -0.2) is 27.1 Å². The standard InChI is InChI=1S/C25H34N6/c1-16-12-17(2)14-21(13-16)28-25-29-22-8-9-23(30-24(22)31(25)11-3-10-26)27-20-7-6-18-4-5-19(18)15-20/h8-9,12-14,18-20H,3-7,10-11,15,26H2,1-2H3,(H,27,30)(H,28,29). The van der Waals surface area contributed by atoms with Crippen LogP contribution in [-0.2, 0) is 6.54 Å². The van der Waals surface area contributed by atoms with E-state index in [1.807, 2.05) is 0 Å². The first-order valence-electron chi connectivity index (χ1n) is 11.8. The Kier molecular flexibility index (Phi) is 5.57. The van der Waals surface area contributed by atoms with E-state index in [0.717, 1.165) is 53.4 Å². The molecule has 164 valence electrons. The first kappa shape index (κ1) is 20.3. The summed E-state index contributed by atoms with van der Waals surface area (Å²) in [6.45, 7) is 5.67. The number of benzene rings is 1. The zero-order valence-electron chi connectivity index (χ0n) is 18.7. The zero-order valence-corrected chi connectivity index (χ0v) is 18.7. The molecule has 0 radical (unpaired) electrons. The molecule has 2 fully saturated rings. The van der Waals surface area contributed by atoms with E-state index in [-0.39, 0.29) is 0 Å². The normalized spacial score (nSPS) is 22.7. The maximum Gasteiger partial charge on any atom is 0.209 e. The first-order chi connectivity index (χ1) is 15.1. The zero-order chi connectivity index (χ0) is 21.4. The second-order valence-electron chi connectivity index (χ2n) is 9.52. The van der Waals surface area contributed by atoms with E-state index >= 15 is 0 Å². The van der Waals surface area contributed by atoms with E-state index in [1.165, 1.54) is 43.2 Å². The smallest absolute Gasteiger partial charge is 0.209 e. The lowest BCUT2D eigenvalue weighted by molar-refractivity contribution is 0.108. The Hall–Kier alpha value is -2.60. The van der Waals surface area contributed by atoms with Crippen LogP contribution < -0.4 is 16.4 Å². The summed E-state index contributed by atoms with van der Waals surface area (Å²) in [5.74, 6) is 3.71. The Morgan fingerprint density at radius 3 is 2.48 bits per heavy atom. The van der Waals surface area contributed by atoms with Gasteiger partial charge in [-0.15, -0.1) is 0 Å². The summed E-state index contributed by atoms with van der Waals surface area (Å²) >= 11 is 0. The van der Waals surface area contributed by atoms with Gasteiger partial charge in [0.2, 0.25) is 5.95 Å². The van der Waals surface area contributed by atoms with Crippen molar-refractivity contribution in [3.8, 4) is 0 Å². The van der Waals surface area contributed by atoms with Crippen molar-refractivity contribution >= 4 is 28.6 Å². The Labute approximate surface area is 184 Å². The highest BCUT2D eigenvalue weighted by Gasteiger charge is 2.36. The molecule has 0 bridgehead atoms. The summed E-state index contributed by atoms with van der Waals surface area (Å²) in [7, 11) is 0. The van der Waals surface area contributed by atoms with Gasteiger partial charge in [0.1, 0.15) is 11.3 Å². The van der Waals surface area contributed by atoms with Crippen LogP contribution in [0.2, 0.25) is 0 Å². The molecule has 3 aromatic rings. The molecule has 2 heterocycles. The second-order valence-corrected chi connectivity index (χ2v) is 9.52. The monoisotopic (exact) mass is 418 g/mol. The van der Waals surface area contributed by atoms with Crippen molar-refractivity contribution in [2.75, 3.05) is 17.2 Å². The summed E-state index contributed by atoms with van der Waals surface area (Å²) < 4.78 is 2.17. The maximum absolute atomic E-state index is 5.83. The number of nitrogens with zero attached hydrogens (tertiary/aromatic N) is 3. The van der Waals surface area contributed by atoms with Gasteiger partial charge in [-0.25, -0.2) is 9.97 Å². The van der Waals surface area contributed by atoms with Crippen LogP contribution in [0.15, 0.2) is 30.3 Å². The molecule has 5 rings (SSSR count). The van der Waals surface area contributed by atoms with E-state index in [1.54, 1.807) is 0 Å².